The summed E-state index contributed by atoms with van der Waals surface area (Å²) in [6.07, 6.45) is 7.23. The molecular weight excluding hydrogens is 378 g/mol. The van der Waals surface area contributed by atoms with Gasteiger partial charge in [-0.15, -0.1) is 0 Å². The van der Waals surface area contributed by atoms with Crippen LogP contribution in [-0.4, -0.2) is 65.3 Å². The quantitative estimate of drug-likeness (QED) is 0.668. The summed E-state index contributed by atoms with van der Waals surface area (Å²) in [5.41, 5.74) is 1.89. The second-order valence-electron chi connectivity index (χ2n) is 9.80. The van der Waals surface area contributed by atoms with Crippen LogP contribution in [0.1, 0.15) is 76.8 Å². The lowest BCUT2D eigenvalue weighted by Crippen LogP contribution is -2.41. The van der Waals surface area contributed by atoms with Crippen molar-refractivity contribution in [2.75, 3.05) is 32.7 Å². The molecule has 1 amide bonds. The molecule has 0 spiro atoms. The Bertz CT molecular complexity index is 702. The van der Waals surface area contributed by atoms with Crippen molar-refractivity contribution in [3.63, 3.8) is 0 Å². The molecule has 2 saturated heterocycles. The van der Waals surface area contributed by atoms with Crippen LogP contribution in [0, 0.1) is 6.92 Å². The normalized spacial score (nSPS) is 19.7. The van der Waals surface area contributed by atoms with Gasteiger partial charge in [0, 0.05) is 31.4 Å². The van der Waals surface area contributed by atoms with Gasteiger partial charge in [0.25, 0.3) is 0 Å². The van der Waals surface area contributed by atoms with Gasteiger partial charge < -0.3 is 14.4 Å². The van der Waals surface area contributed by atoms with E-state index in [0.29, 0.717) is 19.0 Å². The molecule has 1 aromatic heterocycles. The van der Waals surface area contributed by atoms with Crippen molar-refractivity contribution < 1.29 is 14.3 Å². The minimum absolute atomic E-state index is 0.166. The zero-order valence-electron chi connectivity index (χ0n) is 19.4. The number of likely N-dealkylation sites (tertiary alicyclic amines) is 2. The zero-order valence-corrected chi connectivity index (χ0v) is 19.4. The average molecular weight is 418 g/mol. The summed E-state index contributed by atoms with van der Waals surface area (Å²) in [4.78, 5) is 21.4. The van der Waals surface area contributed by atoms with Crippen molar-refractivity contribution in [2.45, 2.75) is 84.3 Å². The monoisotopic (exact) mass is 417 g/mol. The largest absolute Gasteiger partial charge is 0.473 e. The fraction of sp³-hybridized carbons (Fsp3) is 0.750. The van der Waals surface area contributed by atoms with Gasteiger partial charge in [0.2, 0.25) is 5.88 Å². The molecule has 2 aliphatic heterocycles. The Morgan fingerprint density at radius 1 is 1.20 bits per heavy atom. The molecule has 2 aliphatic rings. The van der Waals surface area contributed by atoms with Gasteiger partial charge in [-0.05, 0) is 90.4 Å². The number of rotatable bonds is 6. The first-order valence-electron chi connectivity index (χ1n) is 11.6. The Kier molecular flexibility index (Phi) is 7.61. The standard InChI is InChI=1S/C24H39N3O3/c1-6-20(17-26-11-7-8-12-26)29-22-21(15-18(2)16-25-22)19-9-13-27(14-10-19)23(28)30-24(3,4)5/h15-16,19-20H,6-14,17H2,1-5H3/t20-/m0/s1. The SMILES string of the molecule is CC[C@@H](CN1CCCC1)Oc1ncc(C)cc1C1CCN(C(=O)OC(C)(C)C)CC1. The van der Waals surface area contributed by atoms with Crippen molar-refractivity contribution in [2.24, 2.45) is 0 Å². The number of pyridine rings is 1. The van der Waals surface area contributed by atoms with E-state index in [1.807, 2.05) is 31.9 Å². The molecule has 3 rings (SSSR count). The molecule has 0 N–H and O–H groups in total. The molecule has 6 nitrogen and oxygen atoms in total. The molecule has 1 atom stereocenters. The van der Waals surface area contributed by atoms with E-state index in [9.17, 15) is 4.79 Å². The highest BCUT2D eigenvalue weighted by molar-refractivity contribution is 5.68. The Labute approximate surface area is 181 Å². The fourth-order valence-electron chi connectivity index (χ4n) is 4.33. The number of amides is 1. The van der Waals surface area contributed by atoms with Crippen LogP contribution >= 0.6 is 0 Å². The Morgan fingerprint density at radius 2 is 1.87 bits per heavy atom. The topological polar surface area (TPSA) is 54.9 Å². The molecule has 0 saturated carbocycles. The molecule has 0 bridgehead atoms. The van der Waals surface area contributed by atoms with E-state index in [-0.39, 0.29) is 12.2 Å². The van der Waals surface area contributed by atoms with Crippen LogP contribution in [-0.2, 0) is 4.74 Å². The third-order valence-electron chi connectivity index (χ3n) is 6.00. The molecule has 30 heavy (non-hydrogen) atoms. The number of aryl methyl sites for hydroxylation is 1. The minimum atomic E-state index is -0.458. The molecule has 0 radical (unpaired) electrons. The van der Waals surface area contributed by atoms with Crippen LogP contribution < -0.4 is 4.74 Å². The second kappa shape index (κ2) is 9.99. The highest BCUT2D eigenvalue weighted by Crippen LogP contribution is 2.34. The lowest BCUT2D eigenvalue weighted by Gasteiger charge is -2.34. The van der Waals surface area contributed by atoms with E-state index in [0.717, 1.165) is 37.3 Å². The molecule has 6 heteroatoms. The summed E-state index contributed by atoms with van der Waals surface area (Å²) in [5.74, 6) is 1.14. The molecule has 3 heterocycles. The number of hydrogen-bond donors (Lipinski definition) is 0. The van der Waals surface area contributed by atoms with Gasteiger partial charge in [-0.3, -0.25) is 4.90 Å². The predicted octanol–water partition coefficient (Wildman–Crippen LogP) is 4.76. The van der Waals surface area contributed by atoms with Gasteiger partial charge in [-0.2, -0.15) is 0 Å². The molecule has 0 aromatic carbocycles. The van der Waals surface area contributed by atoms with Crippen molar-refractivity contribution in [1.29, 1.82) is 0 Å². The lowest BCUT2D eigenvalue weighted by molar-refractivity contribution is 0.0204. The molecule has 168 valence electrons. The first kappa shape index (κ1) is 22.9. The van der Waals surface area contributed by atoms with Gasteiger partial charge in [-0.1, -0.05) is 6.92 Å². The Morgan fingerprint density at radius 3 is 2.47 bits per heavy atom. The van der Waals surface area contributed by atoms with E-state index in [4.69, 9.17) is 9.47 Å². The van der Waals surface area contributed by atoms with Crippen LogP contribution in [0.3, 0.4) is 0 Å². The summed E-state index contributed by atoms with van der Waals surface area (Å²) in [6, 6.07) is 2.22. The smallest absolute Gasteiger partial charge is 0.410 e. The number of piperidine rings is 1. The van der Waals surface area contributed by atoms with Crippen LogP contribution in [0.5, 0.6) is 5.88 Å². The van der Waals surface area contributed by atoms with Gasteiger partial charge in [0.15, 0.2) is 0 Å². The number of aromatic nitrogens is 1. The van der Waals surface area contributed by atoms with Crippen molar-refractivity contribution in [3.05, 3.63) is 23.4 Å². The molecule has 0 unspecified atom stereocenters. The molecule has 1 aromatic rings. The number of hydrogen-bond acceptors (Lipinski definition) is 5. The maximum atomic E-state index is 12.4. The maximum Gasteiger partial charge on any atom is 0.410 e. The maximum absolute atomic E-state index is 12.4. The van der Waals surface area contributed by atoms with Gasteiger partial charge in [0.1, 0.15) is 11.7 Å². The van der Waals surface area contributed by atoms with Gasteiger partial charge >= 0.3 is 6.09 Å². The summed E-state index contributed by atoms with van der Waals surface area (Å²) in [5, 5.41) is 0. The van der Waals surface area contributed by atoms with Crippen LogP contribution in [0.15, 0.2) is 12.3 Å². The molecular formula is C24H39N3O3. The Balaban J connectivity index is 1.64. The van der Waals surface area contributed by atoms with E-state index in [1.54, 1.807) is 0 Å². The van der Waals surface area contributed by atoms with Crippen LogP contribution in [0.4, 0.5) is 4.79 Å². The van der Waals surface area contributed by atoms with E-state index in [1.165, 1.54) is 31.5 Å². The summed E-state index contributed by atoms with van der Waals surface area (Å²) >= 11 is 0. The molecule has 2 fully saturated rings. The average Bonchev–Trinajstić information content (AvgIpc) is 3.20. The number of nitrogens with zero attached hydrogens (tertiary/aromatic N) is 3. The first-order chi connectivity index (χ1) is 14.2. The van der Waals surface area contributed by atoms with Crippen LogP contribution in [0.2, 0.25) is 0 Å². The Hall–Kier alpha value is -1.82. The lowest BCUT2D eigenvalue weighted by atomic mass is 9.89. The highest BCUT2D eigenvalue weighted by Gasteiger charge is 2.30. The van der Waals surface area contributed by atoms with E-state index < -0.39 is 5.60 Å². The summed E-state index contributed by atoms with van der Waals surface area (Å²) in [7, 11) is 0. The third-order valence-corrected chi connectivity index (χ3v) is 6.00. The second-order valence-corrected chi connectivity index (χ2v) is 9.80. The number of carbonyl (C=O) groups excluding carboxylic acids is 1. The minimum Gasteiger partial charge on any atom is -0.473 e. The summed E-state index contributed by atoms with van der Waals surface area (Å²) < 4.78 is 12.0. The van der Waals surface area contributed by atoms with Gasteiger partial charge in [-0.25, -0.2) is 9.78 Å². The van der Waals surface area contributed by atoms with Crippen LogP contribution in [0.25, 0.3) is 0 Å². The predicted molar refractivity (Wildman–Crippen MR) is 119 cm³/mol. The fourth-order valence-corrected chi connectivity index (χ4v) is 4.33. The van der Waals surface area contributed by atoms with Crippen molar-refractivity contribution >= 4 is 6.09 Å². The number of ether oxygens (including phenoxy) is 2. The third kappa shape index (κ3) is 6.34. The van der Waals surface area contributed by atoms with Crippen molar-refractivity contribution in [3.8, 4) is 5.88 Å². The molecule has 0 aliphatic carbocycles. The summed E-state index contributed by atoms with van der Waals surface area (Å²) in [6.45, 7) is 14.7. The zero-order chi connectivity index (χ0) is 21.7. The van der Waals surface area contributed by atoms with Gasteiger partial charge in [0.05, 0.1) is 0 Å². The first-order valence-corrected chi connectivity index (χ1v) is 11.6. The van der Waals surface area contributed by atoms with E-state index in [2.05, 4.69) is 29.8 Å². The number of carbonyl (C=O) groups is 1. The van der Waals surface area contributed by atoms with E-state index >= 15 is 0 Å². The highest BCUT2D eigenvalue weighted by atomic mass is 16.6. The van der Waals surface area contributed by atoms with Crippen molar-refractivity contribution in [1.82, 2.24) is 14.8 Å².